The third-order valence-corrected chi connectivity index (χ3v) is 11.0. The van der Waals surface area contributed by atoms with Crippen molar-refractivity contribution >= 4 is 24.0 Å². The van der Waals surface area contributed by atoms with Crippen molar-refractivity contribution in [2.24, 2.45) is 5.92 Å². The molecule has 2 aromatic carbocycles. The first-order chi connectivity index (χ1) is 27.0. The highest BCUT2D eigenvalue weighted by Gasteiger charge is 2.39. The molecule has 6 rings (SSSR count). The fraction of sp³-hybridized carbons (Fsp3) is 0.452. The summed E-state index contributed by atoms with van der Waals surface area (Å²) in [7, 11) is 4.06. The summed E-state index contributed by atoms with van der Waals surface area (Å²) in [4.78, 5) is 66.3. The van der Waals surface area contributed by atoms with Crippen molar-refractivity contribution in [3.05, 3.63) is 78.4 Å². The number of nitrogens with one attached hydrogen (secondary N) is 4. The molecule has 1 unspecified atom stereocenters. The third-order valence-electron chi connectivity index (χ3n) is 11.0. The lowest BCUT2D eigenvalue weighted by Crippen LogP contribution is -2.54. The Balaban J connectivity index is 1.08. The molecule has 4 amide bonds. The lowest BCUT2D eigenvalue weighted by Gasteiger charge is -2.30. The summed E-state index contributed by atoms with van der Waals surface area (Å²) in [5, 5.41) is 5.34. The van der Waals surface area contributed by atoms with Crippen LogP contribution in [0.4, 0.5) is 9.59 Å². The number of carbonyl (C=O) groups excluding carboxylic acids is 4. The Morgan fingerprint density at radius 3 is 1.88 bits per heavy atom. The second-order valence-electron chi connectivity index (χ2n) is 14.9. The molecule has 4 aromatic rings. The number of aromatic amines is 2. The van der Waals surface area contributed by atoms with E-state index in [0.717, 1.165) is 65.0 Å². The monoisotopic (exact) mass is 767 g/mol. The Hall–Kier alpha value is -5.63. The first kappa shape index (κ1) is 40.0. The maximum atomic E-state index is 13.6. The van der Waals surface area contributed by atoms with Crippen LogP contribution in [0.3, 0.4) is 0 Å². The van der Waals surface area contributed by atoms with Crippen molar-refractivity contribution < 1.29 is 33.4 Å². The normalized spacial score (nSPS) is 18.4. The molecule has 0 spiro atoms. The van der Waals surface area contributed by atoms with Crippen molar-refractivity contribution in [2.75, 3.05) is 34.4 Å². The number of nitrogens with zero attached hydrogens (tertiary/aromatic N) is 3. The molecule has 2 fully saturated rings. The zero-order valence-electron chi connectivity index (χ0n) is 33.0. The van der Waals surface area contributed by atoms with E-state index in [-0.39, 0.29) is 29.8 Å². The van der Waals surface area contributed by atoms with E-state index in [1.54, 1.807) is 18.0 Å². The summed E-state index contributed by atoms with van der Waals surface area (Å²) in [6.07, 6.45) is 4.06. The van der Waals surface area contributed by atoms with E-state index in [0.29, 0.717) is 25.3 Å². The number of hydrogen-bond donors (Lipinski definition) is 4. The van der Waals surface area contributed by atoms with E-state index in [1.807, 2.05) is 18.7 Å². The number of rotatable bonds is 13. The van der Waals surface area contributed by atoms with Crippen molar-refractivity contribution in [1.29, 1.82) is 0 Å². The Morgan fingerprint density at radius 2 is 1.27 bits per heavy atom. The standard InChI is InChI=1S/C42H53N7O7/c1-25(2)36(46-41(52)55-5)39(50)48-21-7-9-32(48)23-31-19-20-33(44-31)29-15-11-27(12-16-29)28-13-17-30(18-14-28)34-24-43-38(45-34)35-10-8-22-49(35)40(51)37(26(3)54-4)47-42(53)56-6/h11-20,24-26,32,35-37,44H,7-10,21-23H2,1-6H3,(H,43,45)(H,46,52)(H,47,53)/t26-,32+,35+,36?,37+/m1/s1. The topological polar surface area (TPSA) is 171 Å². The number of methoxy groups -OCH3 is 3. The van der Waals surface area contributed by atoms with Gasteiger partial charge in [-0.1, -0.05) is 62.4 Å². The lowest BCUT2D eigenvalue weighted by atomic mass is 10.0. The molecule has 56 heavy (non-hydrogen) atoms. The molecule has 0 bridgehead atoms. The summed E-state index contributed by atoms with van der Waals surface area (Å²) in [5.74, 6) is 0.319. The molecular weight excluding hydrogens is 715 g/mol. The van der Waals surface area contributed by atoms with E-state index < -0.39 is 30.4 Å². The Morgan fingerprint density at radius 1 is 0.714 bits per heavy atom. The van der Waals surface area contributed by atoms with Gasteiger partial charge in [0.1, 0.15) is 17.9 Å². The molecule has 2 aliphatic heterocycles. The predicted octanol–water partition coefficient (Wildman–Crippen LogP) is 6.08. The number of amides is 4. The molecule has 14 heteroatoms. The van der Waals surface area contributed by atoms with E-state index in [4.69, 9.17) is 14.2 Å². The summed E-state index contributed by atoms with van der Waals surface area (Å²) in [6, 6.07) is 19.1. The SMILES string of the molecule is COC(=O)NC(C(=O)N1CCC[C@H]1Cc1ccc(-c2ccc(-c3ccc(-c4cnc([C@@H]5CCCN5C(=O)[C@@H](NC(=O)OC)[C@@H](C)OC)[nH]4)cc3)cc2)[nH]1)C(C)C. The van der Waals surface area contributed by atoms with Crippen molar-refractivity contribution in [3.8, 4) is 33.6 Å². The van der Waals surface area contributed by atoms with Crippen LogP contribution >= 0.6 is 0 Å². The number of likely N-dealkylation sites (tertiary alicyclic amines) is 2. The first-order valence-electron chi connectivity index (χ1n) is 19.3. The molecule has 298 valence electrons. The van der Waals surface area contributed by atoms with Crippen LogP contribution < -0.4 is 10.6 Å². The molecular formula is C42H53N7O7. The number of imidazole rings is 1. The van der Waals surface area contributed by atoms with Crippen LogP contribution in [0.5, 0.6) is 0 Å². The van der Waals surface area contributed by atoms with Gasteiger partial charge in [-0.15, -0.1) is 0 Å². The van der Waals surface area contributed by atoms with Crippen LogP contribution in [0.15, 0.2) is 66.9 Å². The number of benzene rings is 2. The molecule has 14 nitrogen and oxygen atoms in total. The minimum atomic E-state index is -0.890. The van der Waals surface area contributed by atoms with Crippen LogP contribution in [0.1, 0.15) is 64.0 Å². The number of H-pyrrole nitrogens is 2. The fourth-order valence-corrected chi connectivity index (χ4v) is 7.73. The van der Waals surface area contributed by atoms with Gasteiger partial charge in [-0.25, -0.2) is 14.6 Å². The number of carbonyl (C=O) groups is 4. The molecule has 2 aliphatic rings. The van der Waals surface area contributed by atoms with Gasteiger partial charge in [0.2, 0.25) is 11.8 Å². The molecule has 2 aromatic heterocycles. The van der Waals surface area contributed by atoms with Crippen LogP contribution in [0.25, 0.3) is 33.6 Å². The highest BCUT2D eigenvalue weighted by Crippen LogP contribution is 2.33. The van der Waals surface area contributed by atoms with Crippen LogP contribution in [0, 0.1) is 5.92 Å². The van der Waals surface area contributed by atoms with Crippen molar-refractivity contribution in [3.63, 3.8) is 0 Å². The van der Waals surface area contributed by atoms with Gasteiger partial charge >= 0.3 is 12.2 Å². The van der Waals surface area contributed by atoms with Gasteiger partial charge in [0.25, 0.3) is 0 Å². The minimum absolute atomic E-state index is 0.0506. The third kappa shape index (κ3) is 8.91. The number of alkyl carbamates (subject to hydrolysis) is 2. The predicted molar refractivity (Wildman–Crippen MR) is 211 cm³/mol. The van der Waals surface area contributed by atoms with E-state index in [2.05, 4.69) is 86.2 Å². The summed E-state index contributed by atoms with van der Waals surface area (Å²) in [6.45, 7) is 6.80. The summed E-state index contributed by atoms with van der Waals surface area (Å²) < 4.78 is 14.9. The van der Waals surface area contributed by atoms with Gasteiger partial charge < -0.3 is 44.6 Å². The summed E-state index contributed by atoms with van der Waals surface area (Å²) >= 11 is 0. The zero-order valence-corrected chi connectivity index (χ0v) is 33.0. The van der Waals surface area contributed by atoms with E-state index in [1.165, 1.54) is 21.3 Å². The van der Waals surface area contributed by atoms with Crippen LogP contribution in [-0.4, -0.2) is 107 Å². The molecule has 0 radical (unpaired) electrons. The van der Waals surface area contributed by atoms with E-state index in [9.17, 15) is 19.2 Å². The van der Waals surface area contributed by atoms with Gasteiger partial charge in [-0.05, 0) is 72.9 Å². The van der Waals surface area contributed by atoms with Gasteiger partial charge in [-0.3, -0.25) is 9.59 Å². The largest absolute Gasteiger partial charge is 0.453 e. The first-order valence-corrected chi connectivity index (χ1v) is 19.3. The fourth-order valence-electron chi connectivity index (χ4n) is 7.73. The molecule has 4 N–H and O–H groups in total. The maximum Gasteiger partial charge on any atom is 0.407 e. The molecule has 0 aliphatic carbocycles. The van der Waals surface area contributed by atoms with Gasteiger partial charge in [0.15, 0.2) is 0 Å². The molecule has 4 heterocycles. The Kier molecular flexibility index (Phi) is 12.8. The molecule has 0 saturated carbocycles. The van der Waals surface area contributed by atoms with Crippen LogP contribution in [0.2, 0.25) is 0 Å². The van der Waals surface area contributed by atoms with E-state index >= 15 is 0 Å². The van der Waals surface area contributed by atoms with Gasteiger partial charge in [0.05, 0.1) is 38.3 Å². The highest BCUT2D eigenvalue weighted by atomic mass is 16.5. The average molecular weight is 768 g/mol. The minimum Gasteiger partial charge on any atom is -0.453 e. The molecule has 2 saturated heterocycles. The summed E-state index contributed by atoms with van der Waals surface area (Å²) in [5.41, 5.74) is 7.10. The zero-order chi connectivity index (χ0) is 39.9. The number of hydrogen-bond acceptors (Lipinski definition) is 8. The number of ether oxygens (including phenoxy) is 3. The quantitative estimate of drug-likeness (QED) is 0.127. The Labute approximate surface area is 327 Å². The van der Waals surface area contributed by atoms with Gasteiger partial charge in [0, 0.05) is 44.0 Å². The van der Waals surface area contributed by atoms with Crippen molar-refractivity contribution in [2.45, 2.75) is 83.1 Å². The highest BCUT2D eigenvalue weighted by molar-refractivity contribution is 5.87. The lowest BCUT2D eigenvalue weighted by molar-refractivity contribution is -0.137. The average Bonchev–Trinajstić information content (AvgIpc) is 4.06. The smallest absolute Gasteiger partial charge is 0.407 e. The second kappa shape index (κ2) is 17.9. The maximum absolute atomic E-state index is 13.6. The van der Waals surface area contributed by atoms with Gasteiger partial charge in [-0.2, -0.15) is 0 Å². The van der Waals surface area contributed by atoms with Crippen LogP contribution in [-0.2, 0) is 30.2 Å². The second-order valence-corrected chi connectivity index (χ2v) is 14.9. The Bertz CT molecular complexity index is 1970. The molecule has 5 atom stereocenters. The van der Waals surface area contributed by atoms with Crippen molar-refractivity contribution in [1.82, 2.24) is 35.4 Å². The number of aromatic nitrogens is 3.